The Morgan fingerprint density at radius 3 is 2.71 bits per heavy atom. The first kappa shape index (κ1) is 16.2. The predicted molar refractivity (Wildman–Crippen MR) is 91.2 cm³/mol. The second kappa shape index (κ2) is 7.23. The normalized spacial score (nSPS) is 20.4. The van der Waals surface area contributed by atoms with Gasteiger partial charge in [-0.25, -0.2) is 0 Å². The molecule has 3 nitrogen and oxygen atoms in total. The number of primary amides is 1. The predicted octanol–water partition coefficient (Wildman–Crippen LogP) is 2.12. The molecule has 0 aromatic heterocycles. The maximum Gasteiger partial charge on any atom is 0.217 e. The van der Waals surface area contributed by atoms with Gasteiger partial charge in [0.2, 0.25) is 5.91 Å². The fourth-order valence-electron chi connectivity index (χ4n) is 3.42. The van der Waals surface area contributed by atoms with Crippen molar-refractivity contribution in [2.45, 2.75) is 38.8 Å². The van der Waals surface area contributed by atoms with Crippen LogP contribution in [0.15, 0.2) is 30.3 Å². The molecule has 0 saturated carbocycles. The van der Waals surface area contributed by atoms with E-state index in [1.165, 1.54) is 30.7 Å². The summed E-state index contributed by atoms with van der Waals surface area (Å²) in [5.74, 6) is 0.484. The molecule has 0 bridgehead atoms. The average Bonchev–Trinajstić information content (AvgIpc) is 2.46. The molecule has 1 amide bonds. The maximum atomic E-state index is 11.0. The summed E-state index contributed by atoms with van der Waals surface area (Å²) >= 11 is 0. The van der Waals surface area contributed by atoms with Crippen molar-refractivity contribution in [3.63, 3.8) is 0 Å². The molecule has 0 spiro atoms. The van der Waals surface area contributed by atoms with Gasteiger partial charge in [-0.3, -0.25) is 4.79 Å². The highest BCUT2D eigenvalue weighted by molar-refractivity contribution is 6.89. The minimum atomic E-state index is -1.41. The molecule has 1 heterocycles. The summed E-state index contributed by atoms with van der Waals surface area (Å²) in [6.45, 7) is 7.25. The lowest BCUT2D eigenvalue weighted by Crippen LogP contribution is -2.53. The minimum absolute atomic E-state index is 0.161. The van der Waals surface area contributed by atoms with Crippen LogP contribution in [0.2, 0.25) is 13.1 Å². The number of carbonyl (C=O) groups excluding carboxylic acids is 1. The summed E-state index contributed by atoms with van der Waals surface area (Å²) in [5, 5.41) is 1.53. The number of rotatable bonds is 6. The zero-order chi connectivity index (χ0) is 15.3. The lowest BCUT2D eigenvalue weighted by atomic mass is 9.94. The number of benzene rings is 1. The smallest absolute Gasteiger partial charge is 0.217 e. The summed E-state index contributed by atoms with van der Waals surface area (Å²) in [5.41, 5.74) is 5.28. The van der Waals surface area contributed by atoms with E-state index in [4.69, 9.17) is 5.73 Å². The van der Waals surface area contributed by atoms with Gasteiger partial charge in [0.25, 0.3) is 0 Å². The van der Waals surface area contributed by atoms with Crippen molar-refractivity contribution in [3.05, 3.63) is 30.3 Å². The second-order valence-corrected chi connectivity index (χ2v) is 11.7. The lowest BCUT2D eigenvalue weighted by Gasteiger charge is -2.37. The highest BCUT2D eigenvalue weighted by Gasteiger charge is 2.29. The molecule has 2 rings (SSSR count). The van der Waals surface area contributed by atoms with Gasteiger partial charge >= 0.3 is 0 Å². The quantitative estimate of drug-likeness (QED) is 0.818. The van der Waals surface area contributed by atoms with Gasteiger partial charge in [-0.05, 0) is 37.9 Å². The SMILES string of the molecule is C[Si](C)(CN1CCC[C@@H](CCC(N)=O)C1)c1ccccc1. The van der Waals surface area contributed by atoms with Gasteiger partial charge in [0.1, 0.15) is 0 Å². The summed E-state index contributed by atoms with van der Waals surface area (Å²) in [7, 11) is -1.41. The third-order valence-corrected chi connectivity index (χ3v) is 7.71. The number of piperidine rings is 1. The third kappa shape index (κ3) is 4.97. The molecule has 0 unspecified atom stereocenters. The van der Waals surface area contributed by atoms with Gasteiger partial charge in [-0.1, -0.05) is 48.6 Å². The number of carbonyl (C=O) groups is 1. The molecule has 1 fully saturated rings. The van der Waals surface area contributed by atoms with Gasteiger partial charge in [0.05, 0.1) is 8.07 Å². The van der Waals surface area contributed by atoms with E-state index in [0.29, 0.717) is 12.3 Å². The Labute approximate surface area is 129 Å². The highest BCUT2D eigenvalue weighted by atomic mass is 28.3. The Balaban J connectivity index is 1.91. The summed E-state index contributed by atoms with van der Waals surface area (Å²) in [6.07, 6.45) is 5.21. The van der Waals surface area contributed by atoms with Crippen LogP contribution in [0.1, 0.15) is 25.7 Å². The van der Waals surface area contributed by atoms with Crippen molar-refractivity contribution in [1.82, 2.24) is 4.90 Å². The van der Waals surface area contributed by atoms with Gasteiger partial charge in [0, 0.05) is 13.0 Å². The lowest BCUT2D eigenvalue weighted by molar-refractivity contribution is -0.118. The molecule has 1 aromatic carbocycles. The van der Waals surface area contributed by atoms with E-state index in [-0.39, 0.29) is 5.91 Å². The minimum Gasteiger partial charge on any atom is -0.370 e. The van der Waals surface area contributed by atoms with E-state index in [1.807, 2.05) is 0 Å². The van der Waals surface area contributed by atoms with Crippen LogP contribution in [0.3, 0.4) is 0 Å². The summed E-state index contributed by atoms with van der Waals surface area (Å²) in [4.78, 5) is 13.6. The maximum absolute atomic E-state index is 11.0. The van der Waals surface area contributed by atoms with Crippen molar-refractivity contribution in [3.8, 4) is 0 Å². The first-order chi connectivity index (χ1) is 9.97. The van der Waals surface area contributed by atoms with E-state index in [2.05, 4.69) is 48.3 Å². The van der Waals surface area contributed by atoms with E-state index in [1.54, 1.807) is 0 Å². The molecule has 1 aliphatic rings. The fourth-order valence-corrected chi connectivity index (χ4v) is 6.10. The average molecular weight is 305 g/mol. The Morgan fingerprint density at radius 1 is 1.33 bits per heavy atom. The van der Waals surface area contributed by atoms with Gasteiger partial charge in [-0.2, -0.15) is 0 Å². The Bertz CT molecular complexity index is 461. The monoisotopic (exact) mass is 304 g/mol. The van der Waals surface area contributed by atoms with Gasteiger partial charge < -0.3 is 10.6 Å². The van der Waals surface area contributed by atoms with Crippen LogP contribution in [-0.4, -0.2) is 38.1 Å². The summed E-state index contributed by atoms with van der Waals surface area (Å²) in [6, 6.07) is 10.9. The number of hydrogen-bond donors (Lipinski definition) is 1. The molecule has 21 heavy (non-hydrogen) atoms. The van der Waals surface area contributed by atoms with Crippen molar-refractivity contribution < 1.29 is 4.79 Å². The number of amides is 1. The van der Waals surface area contributed by atoms with Crippen molar-refractivity contribution >= 4 is 19.2 Å². The standard InChI is InChI=1S/C17H28N2OSi/c1-21(2,16-8-4-3-5-9-16)14-19-12-6-7-15(13-19)10-11-17(18)20/h3-5,8-9,15H,6-7,10-14H2,1-2H3,(H2,18,20)/t15-/m0/s1. The first-order valence-electron chi connectivity index (χ1n) is 8.03. The Kier molecular flexibility index (Phi) is 5.59. The van der Waals surface area contributed by atoms with Crippen LogP contribution in [0.25, 0.3) is 0 Å². The zero-order valence-electron chi connectivity index (χ0n) is 13.3. The van der Waals surface area contributed by atoms with Crippen molar-refractivity contribution in [2.75, 3.05) is 19.3 Å². The Morgan fingerprint density at radius 2 is 2.05 bits per heavy atom. The van der Waals surface area contributed by atoms with Crippen LogP contribution in [0.4, 0.5) is 0 Å². The van der Waals surface area contributed by atoms with Crippen LogP contribution < -0.4 is 10.9 Å². The Hall–Kier alpha value is -1.13. The fraction of sp³-hybridized carbons (Fsp3) is 0.588. The van der Waals surface area contributed by atoms with Gasteiger partial charge in [-0.15, -0.1) is 0 Å². The molecule has 2 N–H and O–H groups in total. The van der Waals surface area contributed by atoms with Crippen molar-refractivity contribution in [2.24, 2.45) is 11.7 Å². The number of nitrogens with zero attached hydrogens (tertiary/aromatic N) is 1. The highest BCUT2D eigenvalue weighted by Crippen LogP contribution is 2.22. The molecule has 1 aliphatic heterocycles. The van der Waals surface area contributed by atoms with E-state index in [0.717, 1.165) is 13.0 Å². The molecule has 0 aliphatic carbocycles. The molecular weight excluding hydrogens is 276 g/mol. The van der Waals surface area contributed by atoms with Crippen LogP contribution >= 0.6 is 0 Å². The topological polar surface area (TPSA) is 46.3 Å². The first-order valence-corrected chi connectivity index (χ1v) is 11.2. The molecule has 4 heteroatoms. The molecular formula is C17H28N2OSi. The third-order valence-electron chi connectivity index (χ3n) is 4.58. The van der Waals surface area contributed by atoms with Crippen LogP contribution in [0.5, 0.6) is 0 Å². The number of nitrogens with two attached hydrogens (primary N) is 1. The largest absolute Gasteiger partial charge is 0.370 e. The van der Waals surface area contributed by atoms with E-state index in [9.17, 15) is 4.79 Å². The molecule has 116 valence electrons. The molecule has 1 aromatic rings. The molecule has 0 radical (unpaired) electrons. The van der Waals surface area contributed by atoms with Crippen LogP contribution in [0, 0.1) is 5.92 Å². The van der Waals surface area contributed by atoms with E-state index < -0.39 is 8.07 Å². The molecule has 1 atom stereocenters. The number of hydrogen-bond acceptors (Lipinski definition) is 2. The van der Waals surface area contributed by atoms with Crippen molar-refractivity contribution in [1.29, 1.82) is 0 Å². The van der Waals surface area contributed by atoms with Crippen LogP contribution in [-0.2, 0) is 4.79 Å². The van der Waals surface area contributed by atoms with E-state index >= 15 is 0 Å². The van der Waals surface area contributed by atoms with Gasteiger partial charge in [0.15, 0.2) is 0 Å². The summed E-state index contributed by atoms with van der Waals surface area (Å²) < 4.78 is 0. The second-order valence-electron chi connectivity index (χ2n) is 7.00. The number of likely N-dealkylation sites (tertiary alicyclic amines) is 1. The molecule has 1 saturated heterocycles. The zero-order valence-corrected chi connectivity index (χ0v) is 14.3.